The summed E-state index contributed by atoms with van der Waals surface area (Å²) in [5, 5.41) is 25.0. The Morgan fingerprint density at radius 1 is 0.463 bits per heavy atom. The van der Waals surface area contributed by atoms with Gasteiger partial charge in [-0.3, -0.25) is 9.59 Å². The second kappa shape index (κ2) is 17.8. The molecule has 2 N–H and O–H groups in total. The number of anilines is 2. The predicted octanol–water partition coefficient (Wildman–Crippen LogP) is 13.8. The normalized spacial score (nSPS) is 18.5. The summed E-state index contributed by atoms with van der Waals surface area (Å²) in [6.45, 7) is 9.53. The average molecular weight is 887 g/mol. The molecule has 1 aliphatic rings. The van der Waals surface area contributed by atoms with Crippen LogP contribution >= 0.6 is 0 Å². The van der Waals surface area contributed by atoms with E-state index in [4.69, 9.17) is 18.9 Å². The molecule has 0 bridgehead atoms. The molecule has 1 saturated heterocycles. The van der Waals surface area contributed by atoms with E-state index in [2.05, 4.69) is 139 Å². The van der Waals surface area contributed by atoms with Crippen LogP contribution in [0.25, 0.3) is 86.2 Å². The number of ether oxygens (including phenoxy) is 4. The quantitative estimate of drug-likeness (QED) is 0.135. The van der Waals surface area contributed by atoms with Crippen LogP contribution in [0.3, 0.4) is 0 Å². The zero-order valence-electron chi connectivity index (χ0n) is 38.1. The molecule has 336 valence electrons. The van der Waals surface area contributed by atoms with E-state index in [1.54, 1.807) is 0 Å². The third kappa shape index (κ3) is 7.73. The van der Waals surface area contributed by atoms with Crippen LogP contribution in [0.2, 0.25) is 0 Å². The van der Waals surface area contributed by atoms with Crippen molar-refractivity contribution in [3.8, 4) is 0 Å². The molecule has 2 unspecified atom stereocenters. The van der Waals surface area contributed by atoms with Crippen molar-refractivity contribution in [1.29, 1.82) is 0 Å². The molecule has 10 aromatic rings. The molecular weight excluding hydrogens is 833 g/mol. The minimum absolute atomic E-state index is 0.244. The lowest BCUT2D eigenvalue weighted by atomic mass is 9.89. The molecule has 2 atom stereocenters. The van der Waals surface area contributed by atoms with Crippen molar-refractivity contribution in [2.75, 3.05) is 37.1 Å². The van der Waals surface area contributed by atoms with Gasteiger partial charge in [0.15, 0.2) is 12.2 Å². The van der Waals surface area contributed by atoms with Crippen LogP contribution < -0.4 is 10.6 Å². The maximum absolute atomic E-state index is 14.4. The zero-order valence-corrected chi connectivity index (χ0v) is 38.1. The number of fused-ring (bicyclic) bond motifs is 4. The molecule has 67 heavy (non-hydrogen) atoms. The van der Waals surface area contributed by atoms with Crippen molar-refractivity contribution in [2.24, 2.45) is 0 Å². The van der Waals surface area contributed by atoms with Gasteiger partial charge in [0.2, 0.25) is 0 Å². The zero-order chi connectivity index (χ0) is 45.6. The number of hydrogen-bond acceptors (Lipinski definition) is 6. The first-order valence-corrected chi connectivity index (χ1v) is 23.7. The van der Waals surface area contributed by atoms with E-state index in [0.717, 1.165) is 68.0 Å². The number of carbonyl (C=O) groups is 2. The van der Waals surface area contributed by atoms with E-state index >= 15 is 0 Å². The maximum Gasteiger partial charge on any atom is 0.261 e. The summed E-state index contributed by atoms with van der Waals surface area (Å²) in [4.78, 5) is 28.6. The van der Waals surface area contributed by atoms with Crippen LogP contribution in [0, 0.1) is 0 Å². The fourth-order valence-corrected chi connectivity index (χ4v) is 10.7. The minimum Gasteiger partial charge on any atom is -0.495 e. The van der Waals surface area contributed by atoms with Gasteiger partial charge < -0.3 is 29.6 Å². The third-order valence-electron chi connectivity index (χ3n) is 13.9. The summed E-state index contributed by atoms with van der Waals surface area (Å²) in [7, 11) is 0. The first-order valence-electron chi connectivity index (χ1n) is 23.7. The summed E-state index contributed by atoms with van der Waals surface area (Å²) in [5.41, 5.74) is 0.532. The second-order valence-corrected chi connectivity index (χ2v) is 18.6. The Balaban J connectivity index is 0.774. The van der Waals surface area contributed by atoms with E-state index < -0.39 is 17.8 Å². The highest BCUT2D eigenvalue weighted by atomic mass is 16.6. The molecule has 0 radical (unpaired) electrons. The molecule has 0 saturated carbocycles. The lowest BCUT2D eigenvalue weighted by Crippen LogP contribution is -2.49. The maximum atomic E-state index is 14.4. The SMILES string of the molecule is C=C1OCCCCCOC(C(=O)Nc2ccc3c4cccc5cccc(c6cccc2c63)c54)C(C)(C)OCCCCCOC1C(=O)Nc1ccc2c3cccc4cccc(c5cccc1c52)c43. The van der Waals surface area contributed by atoms with Crippen molar-refractivity contribution in [3.05, 3.63) is 146 Å². The largest absolute Gasteiger partial charge is 0.495 e. The monoisotopic (exact) mass is 886 g/mol. The molecule has 8 heteroatoms. The Bertz CT molecular complexity index is 3400. The van der Waals surface area contributed by atoms with Gasteiger partial charge in [0.25, 0.3) is 11.8 Å². The van der Waals surface area contributed by atoms with E-state index in [1.807, 2.05) is 26.0 Å². The Labute approximate surface area is 389 Å². The van der Waals surface area contributed by atoms with Crippen molar-refractivity contribution in [2.45, 2.75) is 70.2 Å². The molecule has 0 aliphatic carbocycles. The summed E-state index contributed by atoms with van der Waals surface area (Å²) >= 11 is 0. The van der Waals surface area contributed by atoms with Gasteiger partial charge in [-0.25, -0.2) is 0 Å². The summed E-state index contributed by atoms with van der Waals surface area (Å²) in [6.07, 6.45) is 2.54. The van der Waals surface area contributed by atoms with Gasteiger partial charge in [-0.2, -0.15) is 0 Å². The van der Waals surface area contributed by atoms with Gasteiger partial charge in [0.05, 0.1) is 12.2 Å². The molecule has 2 amide bonds. The van der Waals surface area contributed by atoms with Crippen molar-refractivity contribution in [1.82, 2.24) is 0 Å². The average Bonchev–Trinajstić information content (AvgIpc) is 3.34. The summed E-state index contributed by atoms with van der Waals surface area (Å²) in [6, 6.07) is 46.7. The molecular formula is C59H54N2O6. The molecule has 1 fully saturated rings. The highest BCUT2D eigenvalue weighted by Crippen LogP contribution is 2.44. The second-order valence-electron chi connectivity index (χ2n) is 18.6. The van der Waals surface area contributed by atoms with Gasteiger partial charge in [-0.1, -0.05) is 128 Å². The van der Waals surface area contributed by atoms with E-state index in [-0.39, 0.29) is 17.6 Å². The highest BCUT2D eigenvalue weighted by Gasteiger charge is 2.38. The summed E-state index contributed by atoms with van der Waals surface area (Å²) in [5.74, 6) is -0.289. The van der Waals surface area contributed by atoms with Gasteiger partial charge >= 0.3 is 0 Å². The van der Waals surface area contributed by atoms with Gasteiger partial charge in [0.1, 0.15) is 5.76 Å². The molecule has 0 spiro atoms. The van der Waals surface area contributed by atoms with Crippen LogP contribution in [-0.2, 0) is 28.5 Å². The van der Waals surface area contributed by atoms with E-state index in [0.29, 0.717) is 51.4 Å². The standard InChI is InChI=1S/C59H54N2O6/c1-36-55(57(62)60-49-30-28-45-41-22-12-18-37-16-10-20-39(51(37)41)43-24-14-26-47(49)53(43)45)65-33-7-5-9-35-67-59(2,3)56(66-34-8-4-6-32-64-36)58(63)61-50-31-29-46-42-23-13-19-38-17-11-21-40(52(38)42)44-25-15-27-48(50)54(44)46/h10-31,55-56H,1,4-9,32-35H2,2-3H3,(H,60,62)(H,61,63). The Kier molecular flexibility index (Phi) is 11.3. The lowest BCUT2D eigenvalue weighted by Gasteiger charge is -2.33. The molecule has 8 nitrogen and oxygen atoms in total. The fourth-order valence-electron chi connectivity index (χ4n) is 10.7. The Morgan fingerprint density at radius 3 is 1.39 bits per heavy atom. The minimum atomic E-state index is -0.995. The van der Waals surface area contributed by atoms with Crippen LogP contribution in [0.15, 0.2) is 146 Å². The first-order chi connectivity index (χ1) is 32.8. The fraction of sp³-hybridized carbons (Fsp3) is 0.254. The number of benzene rings is 10. The van der Waals surface area contributed by atoms with Crippen molar-refractivity contribution < 1.29 is 28.5 Å². The molecule has 10 aromatic carbocycles. The van der Waals surface area contributed by atoms with Gasteiger partial charge in [0, 0.05) is 42.0 Å². The molecule has 0 aromatic heterocycles. The van der Waals surface area contributed by atoms with E-state index in [9.17, 15) is 9.59 Å². The van der Waals surface area contributed by atoms with Gasteiger partial charge in [-0.05, 0) is 140 Å². The summed E-state index contributed by atoms with van der Waals surface area (Å²) < 4.78 is 25.4. The number of hydrogen-bond donors (Lipinski definition) is 2. The van der Waals surface area contributed by atoms with Crippen LogP contribution in [0.1, 0.15) is 52.4 Å². The number of rotatable bonds is 4. The Morgan fingerprint density at radius 2 is 0.866 bits per heavy atom. The smallest absolute Gasteiger partial charge is 0.261 e. The number of amides is 2. The lowest BCUT2D eigenvalue weighted by molar-refractivity contribution is -0.155. The highest BCUT2D eigenvalue weighted by molar-refractivity contribution is 6.35. The molecule has 1 heterocycles. The van der Waals surface area contributed by atoms with Crippen LogP contribution in [0.5, 0.6) is 0 Å². The first kappa shape index (κ1) is 42.8. The number of carbonyl (C=O) groups excluding carboxylic acids is 2. The van der Waals surface area contributed by atoms with Crippen LogP contribution in [-0.4, -0.2) is 56.1 Å². The number of nitrogens with one attached hydrogen (secondary N) is 2. The van der Waals surface area contributed by atoms with Crippen LogP contribution in [0.4, 0.5) is 11.4 Å². The van der Waals surface area contributed by atoms with Crippen molar-refractivity contribution >= 4 is 109 Å². The van der Waals surface area contributed by atoms with E-state index in [1.165, 1.54) is 43.1 Å². The predicted molar refractivity (Wildman–Crippen MR) is 275 cm³/mol. The Hall–Kier alpha value is -6.84. The third-order valence-corrected chi connectivity index (χ3v) is 13.9. The van der Waals surface area contributed by atoms with Crippen molar-refractivity contribution in [3.63, 3.8) is 0 Å². The van der Waals surface area contributed by atoms with Gasteiger partial charge in [-0.15, -0.1) is 0 Å². The topological polar surface area (TPSA) is 95.1 Å². The molecule has 1 aliphatic heterocycles. The molecule has 11 rings (SSSR count).